The maximum atomic E-state index is 12.4. The molecule has 1 fully saturated rings. The van der Waals surface area contributed by atoms with Crippen molar-refractivity contribution in [2.45, 2.75) is 25.3 Å². The lowest BCUT2D eigenvalue weighted by Gasteiger charge is -2.29. The van der Waals surface area contributed by atoms with Crippen LogP contribution in [0.4, 0.5) is 5.69 Å². The minimum absolute atomic E-state index is 0.00880. The Morgan fingerprint density at radius 3 is 2.38 bits per heavy atom. The fraction of sp³-hybridized carbons (Fsp3) is 0.160. The van der Waals surface area contributed by atoms with Gasteiger partial charge in [0.2, 0.25) is 0 Å². The Balaban J connectivity index is 1.64. The van der Waals surface area contributed by atoms with Crippen LogP contribution in [-0.2, 0) is 17.8 Å². The molecule has 1 aromatic heterocycles. The zero-order chi connectivity index (χ0) is 26.4. The Morgan fingerprint density at radius 1 is 1.11 bits per heavy atom. The van der Waals surface area contributed by atoms with Crippen LogP contribution in [0.2, 0.25) is 10.0 Å². The molecule has 5 rings (SSSR count). The second-order valence-electron chi connectivity index (χ2n) is 8.78. The van der Waals surface area contributed by atoms with E-state index >= 15 is 0 Å². The molecule has 1 atom stereocenters. The van der Waals surface area contributed by atoms with Crippen molar-refractivity contribution >= 4 is 69.7 Å². The van der Waals surface area contributed by atoms with Crippen LogP contribution in [0, 0.1) is 0 Å². The molecule has 1 unspecified atom stereocenters. The monoisotopic (exact) mass is 558 g/mol. The molecule has 8 nitrogen and oxygen atoms in total. The standard InChI is InChI=1S/C25H20BCl2NO7S/c27-16-6-4-15(5-7-16)24-23(25(30)31)18-10-17(14-2-3-14)21(11-22(18)36-24)29(37(34)35)12-13-1-8-19(26(32)33)20(28)9-13/h1,4-11,14,32-33H,2-3,12H2,(H,30,31)(H,34,35)/p-1. The lowest BCUT2D eigenvalue weighted by Crippen LogP contribution is -2.31. The average molecular weight is 559 g/mol. The number of halogens is 2. The summed E-state index contributed by atoms with van der Waals surface area (Å²) in [5.41, 5.74) is 2.45. The van der Waals surface area contributed by atoms with E-state index < -0.39 is 24.4 Å². The SMILES string of the molecule is O=C(O)c1c(-c2ccc(Cl)cc2)oc2cc(N(Cc3ccc(B(O)O)c(Cl)c3)S(=O)[O-])c(C3CC3)cc12. The predicted octanol–water partition coefficient (Wildman–Crippen LogP) is 4.46. The average Bonchev–Trinajstić information content (AvgIpc) is 3.62. The van der Waals surface area contributed by atoms with Gasteiger partial charge < -0.3 is 24.1 Å². The zero-order valence-corrected chi connectivity index (χ0v) is 21.4. The molecule has 0 spiro atoms. The molecule has 37 heavy (non-hydrogen) atoms. The Labute approximate surface area is 224 Å². The fourth-order valence-electron chi connectivity index (χ4n) is 4.37. The first kappa shape index (κ1) is 25.8. The Morgan fingerprint density at radius 2 is 1.81 bits per heavy atom. The number of nitrogens with zero attached hydrogens (tertiary/aromatic N) is 1. The molecule has 3 N–H and O–H groups in total. The topological polar surface area (TPSA) is 134 Å². The molecule has 1 heterocycles. The van der Waals surface area contributed by atoms with Crippen LogP contribution >= 0.6 is 23.2 Å². The molecule has 0 radical (unpaired) electrons. The summed E-state index contributed by atoms with van der Waals surface area (Å²) in [6.45, 7) is -0.0839. The van der Waals surface area contributed by atoms with Gasteiger partial charge in [0.15, 0.2) is 0 Å². The van der Waals surface area contributed by atoms with Gasteiger partial charge in [-0.05, 0) is 66.3 Å². The molecule has 4 aromatic rings. The number of rotatable bonds is 8. The molecule has 190 valence electrons. The number of benzene rings is 3. The molecule has 0 aliphatic heterocycles. The fourth-order valence-corrected chi connectivity index (χ4v) is 5.37. The summed E-state index contributed by atoms with van der Waals surface area (Å²) in [4.78, 5) is 12.3. The minimum Gasteiger partial charge on any atom is -0.755 e. The van der Waals surface area contributed by atoms with Crippen molar-refractivity contribution in [3.63, 3.8) is 0 Å². The van der Waals surface area contributed by atoms with Crippen molar-refractivity contribution in [1.29, 1.82) is 0 Å². The van der Waals surface area contributed by atoms with Gasteiger partial charge in [-0.3, -0.25) is 8.51 Å². The molecule has 12 heteroatoms. The molecular weight excluding hydrogens is 540 g/mol. The highest BCUT2D eigenvalue weighted by Crippen LogP contribution is 2.48. The summed E-state index contributed by atoms with van der Waals surface area (Å²) < 4.78 is 32.0. The number of hydrogen-bond acceptors (Lipinski definition) is 6. The smallest absolute Gasteiger partial charge is 0.489 e. The van der Waals surface area contributed by atoms with Crippen molar-refractivity contribution in [1.82, 2.24) is 0 Å². The van der Waals surface area contributed by atoms with Gasteiger partial charge in [-0.25, -0.2) is 4.79 Å². The van der Waals surface area contributed by atoms with Gasteiger partial charge in [-0.2, -0.15) is 0 Å². The van der Waals surface area contributed by atoms with Crippen molar-refractivity contribution in [2.24, 2.45) is 0 Å². The second-order valence-corrected chi connectivity index (χ2v) is 10.5. The van der Waals surface area contributed by atoms with Crippen LogP contribution in [0.5, 0.6) is 0 Å². The van der Waals surface area contributed by atoms with Crippen LogP contribution in [0.1, 0.15) is 40.2 Å². The van der Waals surface area contributed by atoms with Crippen LogP contribution in [0.15, 0.2) is 59.0 Å². The number of carboxylic acid groups (broad SMARTS) is 1. The summed E-state index contributed by atoms with van der Waals surface area (Å²) in [7, 11) is -1.76. The third-order valence-electron chi connectivity index (χ3n) is 6.29. The summed E-state index contributed by atoms with van der Waals surface area (Å²) in [6, 6.07) is 14.3. The summed E-state index contributed by atoms with van der Waals surface area (Å²) in [5, 5.41) is 29.8. The van der Waals surface area contributed by atoms with E-state index in [1.54, 1.807) is 42.5 Å². The molecule has 0 amide bonds. The van der Waals surface area contributed by atoms with Gasteiger partial charge in [0.25, 0.3) is 0 Å². The Bertz CT molecular complexity index is 1540. The molecule has 1 aliphatic rings. The Hall–Kier alpha value is -2.86. The maximum absolute atomic E-state index is 12.4. The van der Waals surface area contributed by atoms with E-state index in [4.69, 9.17) is 27.6 Å². The first-order chi connectivity index (χ1) is 17.6. The zero-order valence-electron chi connectivity index (χ0n) is 19.1. The first-order valence-electron chi connectivity index (χ1n) is 11.2. The molecule has 0 saturated heterocycles. The van der Waals surface area contributed by atoms with E-state index in [2.05, 4.69) is 0 Å². The maximum Gasteiger partial charge on any atom is 0.489 e. The van der Waals surface area contributed by atoms with Crippen molar-refractivity contribution in [3.8, 4) is 11.3 Å². The molecular formula is C25H19BCl2NO7S-. The van der Waals surface area contributed by atoms with Crippen LogP contribution < -0.4 is 9.77 Å². The lowest BCUT2D eigenvalue weighted by molar-refractivity contribution is 0.0699. The van der Waals surface area contributed by atoms with E-state index in [0.717, 1.165) is 17.1 Å². The first-order valence-corrected chi connectivity index (χ1v) is 13.0. The molecule has 3 aromatic carbocycles. The normalized spacial score (nSPS) is 14.1. The van der Waals surface area contributed by atoms with Crippen molar-refractivity contribution in [3.05, 3.63) is 81.3 Å². The van der Waals surface area contributed by atoms with E-state index in [-0.39, 0.29) is 39.9 Å². The van der Waals surface area contributed by atoms with E-state index in [1.165, 1.54) is 12.1 Å². The van der Waals surface area contributed by atoms with Gasteiger partial charge in [-0.15, -0.1) is 0 Å². The number of aromatic carboxylic acids is 1. The number of carboxylic acids is 1. The van der Waals surface area contributed by atoms with E-state index in [1.807, 2.05) is 0 Å². The van der Waals surface area contributed by atoms with Crippen LogP contribution in [-0.4, -0.2) is 37.0 Å². The van der Waals surface area contributed by atoms with Crippen molar-refractivity contribution in [2.75, 3.05) is 4.31 Å². The minimum atomic E-state index is -2.69. The van der Waals surface area contributed by atoms with Gasteiger partial charge in [0.05, 0.1) is 12.2 Å². The summed E-state index contributed by atoms with van der Waals surface area (Å²) >= 11 is 9.44. The summed E-state index contributed by atoms with van der Waals surface area (Å²) in [6.07, 6.45) is 1.69. The largest absolute Gasteiger partial charge is 0.755 e. The van der Waals surface area contributed by atoms with Gasteiger partial charge in [0.1, 0.15) is 16.9 Å². The van der Waals surface area contributed by atoms with E-state index in [0.29, 0.717) is 32.8 Å². The predicted molar refractivity (Wildman–Crippen MR) is 142 cm³/mol. The number of hydrogen-bond donors (Lipinski definition) is 3. The van der Waals surface area contributed by atoms with Crippen molar-refractivity contribution < 1.29 is 33.1 Å². The number of furan rings is 1. The quantitative estimate of drug-likeness (QED) is 0.214. The van der Waals surface area contributed by atoms with Gasteiger partial charge in [-0.1, -0.05) is 35.3 Å². The van der Waals surface area contributed by atoms with Gasteiger partial charge in [0, 0.05) is 43.8 Å². The van der Waals surface area contributed by atoms with Crippen LogP contribution in [0.3, 0.4) is 0 Å². The van der Waals surface area contributed by atoms with Gasteiger partial charge >= 0.3 is 13.1 Å². The van der Waals surface area contributed by atoms with Crippen LogP contribution in [0.25, 0.3) is 22.3 Å². The molecule has 1 aliphatic carbocycles. The highest BCUT2D eigenvalue weighted by atomic mass is 35.5. The summed E-state index contributed by atoms with van der Waals surface area (Å²) in [5.74, 6) is -0.933. The lowest BCUT2D eigenvalue weighted by atomic mass is 9.80. The third kappa shape index (κ3) is 5.13. The highest BCUT2D eigenvalue weighted by molar-refractivity contribution is 7.80. The number of fused-ring (bicyclic) bond motifs is 1. The number of anilines is 1. The van der Waals surface area contributed by atoms with E-state index in [9.17, 15) is 28.7 Å². The molecule has 1 saturated carbocycles. The second kappa shape index (κ2) is 10.1. The number of carbonyl (C=O) groups is 1. The molecule has 0 bridgehead atoms. The third-order valence-corrected chi connectivity index (χ3v) is 7.56. The Kier molecular flexibility index (Phi) is 7.06. The highest BCUT2D eigenvalue weighted by Gasteiger charge is 2.31.